The molecule has 5 rings (SSSR count). The molecule has 0 aromatic carbocycles. The second-order valence-electron chi connectivity index (χ2n) is 12.3. The van der Waals surface area contributed by atoms with E-state index in [4.69, 9.17) is 9.41 Å². The summed E-state index contributed by atoms with van der Waals surface area (Å²) in [4.78, 5) is 18.7. The number of likely N-dealkylation sites (N-methyl/N-ethyl adjacent to an activating group) is 1. The van der Waals surface area contributed by atoms with E-state index >= 15 is 0 Å². The Kier molecular flexibility index (Phi) is 5.88. The van der Waals surface area contributed by atoms with Gasteiger partial charge in [0, 0.05) is 23.7 Å². The fourth-order valence-electron chi connectivity index (χ4n) is 8.68. The van der Waals surface area contributed by atoms with E-state index in [1.54, 1.807) is 6.26 Å². The van der Waals surface area contributed by atoms with E-state index in [9.17, 15) is 9.90 Å². The maximum atomic E-state index is 12.4. The van der Waals surface area contributed by atoms with Crippen LogP contribution in [-0.2, 0) is 0 Å². The Balaban J connectivity index is 1.36. The van der Waals surface area contributed by atoms with E-state index in [1.807, 2.05) is 6.07 Å². The average Bonchev–Trinajstić information content (AvgIpc) is 3.05. The van der Waals surface area contributed by atoms with E-state index < -0.39 is 5.60 Å². The zero-order valence-electron chi connectivity index (χ0n) is 21.0. The van der Waals surface area contributed by atoms with Gasteiger partial charge in [0.15, 0.2) is 0 Å². The molecule has 1 N–H and O–H groups in total. The third kappa shape index (κ3) is 3.65. The molecule has 4 aliphatic carbocycles. The second-order valence-corrected chi connectivity index (χ2v) is 12.3. The fourth-order valence-corrected chi connectivity index (χ4v) is 8.68. The lowest BCUT2D eigenvalue weighted by Crippen LogP contribution is -2.61. The number of nitrogens with zero attached hydrogens (tertiary/aromatic N) is 2. The standard InChI is InChI=1S/C28H42N2O3/c1-26-12-9-21(29-15-16-30(3)4)17-20(26)6-7-24-23(26)10-13-27(2)22(11-14-28(24,27)32)19-5-8-25(31)33-18-19/h5,8,18,20,22-24,32H,6-7,9-17H2,1-4H3/t20?,22-,23?,24?,26+,27-,28+/m1/s1. The van der Waals surface area contributed by atoms with Crippen molar-refractivity contribution in [2.24, 2.45) is 33.6 Å². The molecule has 0 bridgehead atoms. The van der Waals surface area contributed by atoms with Crippen LogP contribution in [0.1, 0.15) is 83.1 Å². The van der Waals surface area contributed by atoms with Gasteiger partial charge >= 0.3 is 5.63 Å². The van der Waals surface area contributed by atoms with Crippen molar-refractivity contribution < 1.29 is 9.52 Å². The fraction of sp³-hybridized carbons (Fsp3) is 0.786. The number of fused-ring (bicyclic) bond motifs is 5. The normalized spacial score (nSPS) is 43.9. The van der Waals surface area contributed by atoms with Crippen molar-refractivity contribution in [3.05, 3.63) is 34.4 Å². The van der Waals surface area contributed by atoms with Crippen LogP contribution in [0, 0.1) is 28.6 Å². The van der Waals surface area contributed by atoms with E-state index in [1.165, 1.54) is 31.0 Å². The lowest BCUT2D eigenvalue weighted by atomic mass is 9.43. The molecule has 0 saturated heterocycles. The Bertz CT molecular complexity index is 950. The van der Waals surface area contributed by atoms with Crippen LogP contribution in [0.15, 0.2) is 32.6 Å². The molecule has 1 aromatic rings. The summed E-state index contributed by atoms with van der Waals surface area (Å²) < 4.78 is 5.22. The molecule has 3 unspecified atom stereocenters. The molecule has 0 radical (unpaired) electrons. The molecule has 4 fully saturated rings. The molecule has 0 amide bonds. The summed E-state index contributed by atoms with van der Waals surface area (Å²) in [5.41, 5.74) is 1.77. The Morgan fingerprint density at radius 3 is 2.64 bits per heavy atom. The van der Waals surface area contributed by atoms with Crippen molar-refractivity contribution in [1.29, 1.82) is 0 Å². The Morgan fingerprint density at radius 2 is 1.91 bits per heavy atom. The van der Waals surface area contributed by atoms with Crippen LogP contribution in [-0.4, -0.2) is 48.5 Å². The predicted octanol–water partition coefficient (Wildman–Crippen LogP) is 4.88. The number of hydrogen-bond donors (Lipinski definition) is 1. The minimum atomic E-state index is -0.620. The van der Waals surface area contributed by atoms with Crippen LogP contribution in [0.2, 0.25) is 0 Å². The molecule has 5 heteroatoms. The van der Waals surface area contributed by atoms with E-state index in [0.29, 0.717) is 23.2 Å². The summed E-state index contributed by atoms with van der Waals surface area (Å²) >= 11 is 0. The molecule has 33 heavy (non-hydrogen) atoms. The molecule has 4 saturated carbocycles. The average molecular weight is 455 g/mol. The van der Waals surface area contributed by atoms with Gasteiger partial charge in [0.1, 0.15) is 0 Å². The van der Waals surface area contributed by atoms with E-state index in [-0.39, 0.29) is 17.0 Å². The Morgan fingerprint density at radius 1 is 1.09 bits per heavy atom. The molecule has 0 aliphatic heterocycles. The van der Waals surface area contributed by atoms with Crippen LogP contribution in [0.25, 0.3) is 0 Å². The van der Waals surface area contributed by atoms with Crippen molar-refractivity contribution in [3.8, 4) is 0 Å². The first-order valence-electron chi connectivity index (χ1n) is 13.2. The van der Waals surface area contributed by atoms with Gasteiger partial charge in [-0.15, -0.1) is 0 Å². The van der Waals surface area contributed by atoms with Crippen molar-refractivity contribution >= 4 is 5.71 Å². The van der Waals surface area contributed by atoms with Crippen LogP contribution in [0.5, 0.6) is 0 Å². The Hall–Kier alpha value is -1.46. The van der Waals surface area contributed by atoms with Gasteiger partial charge in [-0.3, -0.25) is 4.99 Å². The molecular weight excluding hydrogens is 412 g/mol. The van der Waals surface area contributed by atoms with Crippen LogP contribution >= 0.6 is 0 Å². The molecule has 5 nitrogen and oxygen atoms in total. The summed E-state index contributed by atoms with van der Waals surface area (Å²) in [6, 6.07) is 3.46. The lowest BCUT2D eigenvalue weighted by Gasteiger charge is -2.63. The number of hydrogen-bond acceptors (Lipinski definition) is 5. The monoisotopic (exact) mass is 454 g/mol. The first-order chi connectivity index (χ1) is 15.7. The highest BCUT2D eigenvalue weighted by molar-refractivity contribution is 5.85. The number of aliphatic hydroxyl groups is 1. The lowest BCUT2D eigenvalue weighted by molar-refractivity contribution is -0.197. The maximum Gasteiger partial charge on any atom is 0.335 e. The highest BCUT2D eigenvalue weighted by Gasteiger charge is 2.67. The molecule has 0 spiro atoms. The summed E-state index contributed by atoms with van der Waals surface area (Å²) in [6.07, 6.45) is 11.6. The minimum Gasteiger partial charge on any atom is -0.431 e. The molecule has 182 valence electrons. The van der Waals surface area contributed by atoms with Crippen LogP contribution in [0.3, 0.4) is 0 Å². The topological polar surface area (TPSA) is 66.0 Å². The van der Waals surface area contributed by atoms with Gasteiger partial charge in [-0.1, -0.05) is 13.8 Å². The largest absolute Gasteiger partial charge is 0.431 e. The second kappa shape index (κ2) is 8.34. The summed E-state index contributed by atoms with van der Waals surface area (Å²) in [6.45, 7) is 6.79. The minimum absolute atomic E-state index is 0.148. The van der Waals surface area contributed by atoms with Crippen LogP contribution in [0.4, 0.5) is 0 Å². The van der Waals surface area contributed by atoms with Crippen molar-refractivity contribution in [2.75, 3.05) is 27.2 Å². The van der Waals surface area contributed by atoms with Gasteiger partial charge in [-0.05, 0) is 113 Å². The number of rotatable bonds is 4. The highest BCUT2D eigenvalue weighted by Crippen LogP contribution is 2.70. The Labute approximate surface area is 198 Å². The SMILES string of the molecule is CN(C)CCN=C1CC[C@@]2(C)C(CCC3C2CC[C@]2(C)[C@@H](c4ccc(=O)oc4)CC[C@]32O)C1. The van der Waals surface area contributed by atoms with Crippen molar-refractivity contribution in [3.63, 3.8) is 0 Å². The maximum absolute atomic E-state index is 12.4. The molecular formula is C28H42N2O3. The van der Waals surface area contributed by atoms with E-state index in [0.717, 1.165) is 57.2 Å². The van der Waals surface area contributed by atoms with Crippen molar-refractivity contribution in [2.45, 2.75) is 83.2 Å². The quantitative estimate of drug-likeness (QED) is 0.704. The third-order valence-corrected chi connectivity index (χ3v) is 10.7. The molecule has 4 aliphatic rings. The van der Waals surface area contributed by atoms with Gasteiger partial charge in [0.2, 0.25) is 0 Å². The smallest absolute Gasteiger partial charge is 0.335 e. The van der Waals surface area contributed by atoms with Gasteiger partial charge in [-0.25, -0.2) is 4.79 Å². The van der Waals surface area contributed by atoms with Crippen molar-refractivity contribution in [1.82, 2.24) is 4.90 Å². The third-order valence-electron chi connectivity index (χ3n) is 10.7. The molecule has 1 heterocycles. The predicted molar refractivity (Wildman–Crippen MR) is 132 cm³/mol. The molecule has 1 aromatic heterocycles. The van der Waals surface area contributed by atoms with Gasteiger partial charge in [0.25, 0.3) is 0 Å². The summed E-state index contributed by atoms with van der Waals surface area (Å²) in [7, 11) is 4.23. The summed E-state index contributed by atoms with van der Waals surface area (Å²) in [5.74, 6) is 1.95. The van der Waals surface area contributed by atoms with E-state index in [2.05, 4.69) is 32.8 Å². The van der Waals surface area contributed by atoms with Gasteiger partial charge in [-0.2, -0.15) is 0 Å². The first kappa shape index (κ1) is 23.3. The van der Waals surface area contributed by atoms with Gasteiger partial charge < -0.3 is 14.4 Å². The first-order valence-corrected chi connectivity index (χ1v) is 13.2. The number of aliphatic imine (C=N–C) groups is 1. The zero-order chi connectivity index (χ0) is 23.4. The van der Waals surface area contributed by atoms with Crippen LogP contribution < -0.4 is 5.63 Å². The summed E-state index contributed by atoms with van der Waals surface area (Å²) in [5, 5.41) is 12.4. The highest BCUT2D eigenvalue weighted by atomic mass is 16.4. The van der Waals surface area contributed by atoms with Gasteiger partial charge in [0.05, 0.1) is 18.4 Å². The molecule has 7 atom stereocenters. The zero-order valence-corrected chi connectivity index (χ0v) is 21.0.